The zero-order valence-corrected chi connectivity index (χ0v) is 14.9. The maximum Gasteiger partial charge on any atom is 0.213 e. The summed E-state index contributed by atoms with van der Waals surface area (Å²) in [5.74, 6) is 0.0615. The number of hydrogen-bond donors (Lipinski definition) is 1. The van der Waals surface area contributed by atoms with Gasteiger partial charge in [-0.25, -0.2) is 18.4 Å². The highest BCUT2D eigenvalue weighted by molar-refractivity contribution is 7.89. The molecule has 0 bridgehead atoms. The summed E-state index contributed by atoms with van der Waals surface area (Å²) in [6.45, 7) is 2.23. The predicted molar refractivity (Wildman–Crippen MR) is 94.3 cm³/mol. The molecule has 0 amide bonds. The van der Waals surface area contributed by atoms with Crippen LogP contribution in [-0.4, -0.2) is 56.3 Å². The van der Waals surface area contributed by atoms with Gasteiger partial charge in [-0.3, -0.25) is 5.10 Å². The van der Waals surface area contributed by atoms with Crippen molar-refractivity contribution in [2.45, 2.75) is 18.9 Å². The summed E-state index contributed by atoms with van der Waals surface area (Å²) in [6.07, 6.45) is 7.16. The molecule has 10 heteroatoms. The van der Waals surface area contributed by atoms with E-state index in [9.17, 15) is 13.7 Å². The predicted octanol–water partition coefficient (Wildman–Crippen LogP) is 1.10. The minimum Gasteiger partial charge on any atom is -0.344 e. The van der Waals surface area contributed by atoms with Crippen LogP contribution in [-0.2, 0) is 15.6 Å². The highest BCUT2D eigenvalue weighted by atomic mass is 32.2. The van der Waals surface area contributed by atoms with Gasteiger partial charge in [0.15, 0.2) is 5.65 Å². The van der Waals surface area contributed by atoms with E-state index in [0.717, 1.165) is 16.6 Å². The number of hydrogen-bond acceptors (Lipinski definition) is 6. The number of rotatable bonds is 5. The fourth-order valence-electron chi connectivity index (χ4n) is 3.33. The fraction of sp³-hybridized carbons (Fsp3) is 0.375. The van der Waals surface area contributed by atoms with Crippen molar-refractivity contribution >= 4 is 21.1 Å². The molecule has 0 saturated carbocycles. The molecular formula is C16H17N7O2S. The molecule has 0 aliphatic carbocycles. The Balaban J connectivity index is 1.69. The van der Waals surface area contributed by atoms with Gasteiger partial charge in [-0.1, -0.05) is 0 Å². The van der Waals surface area contributed by atoms with E-state index in [2.05, 4.69) is 26.2 Å². The highest BCUT2D eigenvalue weighted by Gasteiger charge is 2.48. The van der Waals surface area contributed by atoms with Crippen LogP contribution in [0, 0.1) is 11.3 Å². The molecule has 3 aromatic rings. The van der Waals surface area contributed by atoms with Crippen LogP contribution in [0.25, 0.3) is 22.3 Å². The molecule has 1 aliphatic heterocycles. The van der Waals surface area contributed by atoms with Crippen molar-refractivity contribution in [3.8, 4) is 17.3 Å². The summed E-state index contributed by atoms with van der Waals surface area (Å²) in [5.41, 5.74) is 1.72. The molecule has 4 rings (SSSR count). The molecule has 1 N–H and O–H groups in total. The lowest BCUT2D eigenvalue weighted by Crippen LogP contribution is -2.63. The Labute approximate surface area is 150 Å². The molecule has 1 fully saturated rings. The van der Waals surface area contributed by atoms with Gasteiger partial charge in [0.1, 0.15) is 6.33 Å². The molecule has 4 heterocycles. The Morgan fingerprint density at radius 1 is 1.38 bits per heavy atom. The van der Waals surface area contributed by atoms with E-state index in [-0.39, 0.29) is 12.2 Å². The number of nitriles is 1. The Kier molecular flexibility index (Phi) is 3.78. The van der Waals surface area contributed by atoms with Crippen molar-refractivity contribution in [1.29, 1.82) is 5.26 Å². The van der Waals surface area contributed by atoms with Crippen LogP contribution < -0.4 is 0 Å². The van der Waals surface area contributed by atoms with Crippen LogP contribution >= 0.6 is 0 Å². The van der Waals surface area contributed by atoms with Gasteiger partial charge in [0, 0.05) is 31.0 Å². The van der Waals surface area contributed by atoms with Crippen molar-refractivity contribution < 1.29 is 8.42 Å². The van der Waals surface area contributed by atoms with E-state index < -0.39 is 15.6 Å². The molecule has 0 aromatic carbocycles. The third-order valence-corrected chi connectivity index (χ3v) is 6.64. The lowest BCUT2D eigenvalue weighted by atomic mass is 9.89. The average molecular weight is 371 g/mol. The average Bonchev–Trinajstić information content (AvgIpc) is 3.26. The van der Waals surface area contributed by atoms with E-state index in [4.69, 9.17) is 0 Å². The molecule has 9 nitrogen and oxygen atoms in total. The minimum atomic E-state index is -3.25. The molecule has 0 spiro atoms. The number of aromatic amines is 1. The van der Waals surface area contributed by atoms with E-state index >= 15 is 0 Å². The molecule has 3 aromatic heterocycles. The molecule has 1 saturated heterocycles. The first kappa shape index (κ1) is 16.7. The maximum atomic E-state index is 12.1. The van der Waals surface area contributed by atoms with E-state index in [1.54, 1.807) is 13.1 Å². The normalized spacial score (nSPS) is 17.1. The molecule has 0 atom stereocenters. The van der Waals surface area contributed by atoms with Crippen LogP contribution in [0.15, 0.2) is 31.0 Å². The van der Waals surface area contributed by atoms with Gasteiger partial charge in [0.05, 0.1) is 41.1 Å². The van der Waals surface area contributed by atoms with E-state index in [0.29, 0.717) is 18.7 Å². The summed E-state index contributed by atoms with van der Waals surface area (Å²) in [5, 5.41) is 16.9. The molecular weight excluding hydrogens is 354 g/mol. The fourth-order valence-corrected chi connectivity index (χ4v) is 4.57. The van der Waals surface area contributed by atoms with Crippen LogP contribution in [0.4, 0.5) is 0 Å². The van der Waals surface area contributed by atoms with Crippen LogP contribution in [0.1, 0.15) is 13.3 Å². The van der Waals surface area contributed by atoms with Crippen molar-refractivity contribution in [2.24, 2.45) is 0 Å². The van der Waals surface area contributed by atoms with Gasteiger partial charge in [-0.2, -0.15) is 14.7 Å². The van der Waals surface area contributed by atoms with Gasteiger partial charge in [-0.05, 0) is 13.0 Å². The van der Waals surface area contributed by atoms with Crippen LogP contribution in [0.5, 0.6) is 0 Å². The number of aromatic nitrogens is 5. The SMILES string of the molecule is CCS(=O)(=O)N1CC(CC#N)(n2ccc(-c3ncnc4[nH]ncc34)c2)C1. The summed E-state index contributed by atoms with van der Waals surface area (Å²) < 4.78 is 27.5. The largest absolute Gasteiger partial charge is 0.344 e. The van der Waals surface area contributed by atoms with Gasteiger partial charge in [-0.15, -0.1) is 0 Å². The van der Waals surface area contributed by atoms with Gasteiger partial charge in [0.25, 0.3) is 0 Å². The third-order valence-electron chi connectivity index (χ3n) is 4.87. The van der Waals surface area contributed by atoms with Crippen molar-refractivity contribution in [3.05, 3.63) is 31.0 Å². The number of nitrogens with zero attached hydrogens (tertiary/aromatic N) is 6. The first-order chi connectivity index (χ1) is 12.5. The van der Waals surface area contributed by atoms with Gasteiger partial charge >= 0.3 is 0 Å². The molecule has 26 heavy (non-hydrogen) atoms. The first-order valence-electron chi connectivity index (χ1n) is 8.17. The van der Waals surface area contributed by atoms with Gasteiger partial charge < -0.3 is 4.57 Å². The van der Waals surface area contributed by atoms with Crippen molar-refractivity contribution in [1.82, 2.24) is 29.0 Å². The summed E-state index contributed by atoms with van der Waals surface area (Å²) >= 11 is 0. The zero-order valence-electron chi connectivity index (χ0n) is 14.1. The standard InChI is InChI=1S/C16H17N7O2S/c1-2-26(24,25)23-9-16(10-23,4-5-17)22-6-3-12(8-22)14-13-7-20-21-15(13)19-11-18-14/h3,6-8,11H,2,4,9-10H2,1H3,(H,18,19,20,21). The third kappa shape index (κ3) is 2.48. The second-order valence-electron chi connectivity index (χ2n) is 6.39. The van der Waals surface area contributed by atoms with E-state index in [1.807, 2.05) is 23.0 Å². The van der Waals surface area contributed by atoms with Gasteiger partial charge in [0.2, 0.25) is 10.0 Å². The van der Waals surface area contributed by atoms with Crippen LogP contribution in [0.3, 0.4) is 0 Å². The number of sulfonamides is 1. The highest BCUT2D eigenvalue weighted by Crippen LogP contribution is 2.36. The molecule has 1 aliphatic rings. The quantitative estimate of drug-likeness (QED) is 0.717. The molecule has 134 valence electrons. The van der Waals surface area contributed by atoms with E-state index in [1.165, 1.54) is 10.6 Å². The Morgan fingerprint density at radius 3 is 2.92 bits per heavy atom. The Bertz CT molecular complexity index is 1100. The smallest absolute Gasteiger partial charge is 0.213 e. The lowest BCUT2D eigenvalue weighted by Gasteiger charge is -2.48. The second-order valence-corrected chi connectivity index (χ2v) is 8.65. The van der Waals surface area contributed by atoms with Crippen molar-refractivity contribution in [3.63, 3.8) is 0 Å². The van der Waals surface area contributed by atoms with Crippen molar-refractivity contribution in [2.75, 3.05) is 18.8 Å². The Hall–Kier alpha value is -2.77. The topological polar surface area (TPSA) is 121 Å². The molecule has 0 unspecified atom stereocenters. The number of nitrogens with one attached hydrogen (secondary N) is 1. The van der Waals surface area contributed by atoms with Crippen LogP contribution in [0.2, 0.25) is 0 Å². The monoisotopic (exact) mass is 371 g/mol. The second kappa shape index (κ2) is 5.89. The lowest BCUT2D eigenvalue weighted by molar-refractivity contribution is 0.0851. The number of H-pyrrole nitrogens is 1. The summed E-state index contributed by atoms with van der Waals surface area (Å²) in [7, 11) is -3.25. The molecule has 0 radical (unpaired) electrons. The maximum absolute atomic E-state index is 12.1. The summed E-state index contributed by atoms with van der Waals surface area (Å²) in [4.78, 5) is 8.48. The summed E-state index contributed by atoms with van der Waals surface area (Å²) in [6, 6.07) is 4.10. The Morgan fingerprint density at radius 2 is 2.19 bits per heavy atom. The number of fused-ring (bicyclic) bond motifs is 1. The zero-order chi connectivity index (χ0) is 18.4. The minimum absolute atomic E-state index is 0.0615. The first-order valence-corrected chi connectivity index (χ1v) is 9.78.